The Morgan fingerprint density at radius 3 is 2.33 bits per heavy atom. The van der Waals surface area contributed by atoms with Crippen LogP contribution in [0.25, 0.3) is 11.0 Å². The monoisotopic (exact) mass is 242 g/mol. The van der Waals surface area contributed by atoms with Gasteiger partial charge in [0, 0.05) is 5.39 Å². The predicted octanol–water partition coefficient (Wildman–Crippen LogP) is 3.19. The summed E-state index contributed by atoms with van der Waals surface area (Å²) in [7, 11) is 0. The number of para-hydroxylation sites is 1. The lowest BCUT2D eigenvalue weighted by Crippen LogP contribution is -1.96. The summed E-state index contributed by atoms with van der Waals surface area (Å²) >= 11 is 10.6. The average Bonchev–Trinajstić information content (AvgIpc) is 2.56. The van der Waals surface area contributed by atoms with Crippen molar-refractivity contribution in [2.75, 3.05) is 0 Å². The molecule has 0 N–H and O–H groups in total. The minimum atomic E-state index is -0.838. The lowest BCUT2D eigenvalue weighted by Gasteiger charge is -1.90. The van der Waals surface area contributed by atoms with Crippen molar-refractivity contribution in [3.05, 3.63) is 35.6 Å². The molecule has 1 aromatic carbocycles. The Labute approximate surface area is 94.6 Å². The van der Waals surface area contributed by atoms with Gasteiger partial charge in [0.1, 0.15) is 5.58 Å². The van der Waals surface area contributed by atoms with Crippen LogP contribution in [0.2, 0.25) is 0 Å². The van der Waals surface area contributed by atoms with Crippen LogP contribution in [0.15, 0.2) is 28.7 Å². The average molecular weight is 243 g/mol. The van der Waals surface area contributed by atoms with Crippen molar-refractivity contribution in [1.82, 2.24) is 0 Å². The summed E-state index contributed by atoms with van der Waals surface area (Å²) in [4.78, 5) is 22.1. The molecule has 0 aliphatic rings. The number of benzene rings is 1. The highest BCUT2D eigenvalue weighted by atomic mass is 35.5. The van der Waals surface area contributed by atoms with E-state index in [4.69, 9.17) is 27.6 Å². The minimum absolute atomic E-state index is 0.0206. The fraction of sp³-hybridized carbons (Fsp3) is 0. The highest BCUT2D eigenvalue weighted by Gasteiger charge is 2.22. The smallest absolute Gasteiger partial charge is 0.288 e. The van der Waals surface area contributed by atoms with Gasteiger partial charge in [0.25, 0.3) is 10.5 Å². The second-order valence-electron chi connectivity index (χ2n) is 2.85. The van der Waals surface area contributed by atoms with Crippen LogP contribution in [-0.4, -0.2) is 10.5 Å². The van der Waals surface area contributed by atoms with Crippen LogP contribution in [0.5, 0.6) is 0 Å². The zero-order chi connectivity index (χ0) is 11.0. The molecule has 3 nitrogen and oxygen atoms in total. The molecule has 0 fully saturated rings. The van der Waals surface area contributed by atoms with E-state index in [0.717, 1.165) is 0 Å². The Morgan fingerprint density at radius 1 is 1.07 bits per heavy atom. The van der Waals surface area contributed by atoms with E-state index in [1.165, 1.54) is 0 Å². The van der Waals surface area contributed by atoms with Gasteiger partial charge in [-0.15, -0.1) is 0 Å². The Morgan fingerprint density at radius 2 is 1.73 bits per heavy atom. The number of furan rings is 1. The van der Waals surface area contributed by atoms with E-state index in [0.29, 0.717) is 11.0 Å². The third kappa shape index (κ3) is 1.64. The molecule has 0 radical (unpaired) electrons. The maximum atomic E-state index is 11.1. The highest BCUT2D eigenvalue weighted by Crippen LogP contribution is 2.28. The molecule has 0 unspecified atom stereocenters. The molecule has 2 aromatic rings. The third-order valence-electron chi connectivity index (χ3n) is 1.97. The molecule has 0 saturated carbocycles. The molecule has 2 rings (SSSR count). The van der Waals surface area contributed by atoms with E-state index < -0.39 is 10.5 Å². The van der Waals surface area contributed by atoms with Gasteiger partial charge < -0.3 is 4.42 Å². The Bertz CT molecular complexity index is 557. The van der Waals surface area contributed by atoms with Crippen molar-refractivity contribution in [1.29, 1.82) is 0 Å². The molecule has 0 bridgehead atoms. The molecule has 0 atom stereocenters. The molecule has 76 valence electrons. The quantitative estimate of drug-likeness (QED) is 0.761. The molecule has 0 amide bonds. The number of fused-ring (bicyclic) bond motifs is 1. The molecule has 0 spiro atoms. The number of carbonyl (C=O) groups excluding carboxylic acids is 2. The third-order valence-corrected chi connectivity index (χ3v) is 2.33. The number of rotatable bonds is 2. The van der Waals surface area contributed by atoms with Gasteiger partial charge in [0.05, 0.1) is 5.56 Å². The molecule has 5 heteroatoms. The van der Waals surface area contributed by atoms with E-state index >= 15 is 0 Å². The first kappa shape index (κ1) is 10.2. The molecule has 1 aromatic heterocycles. The first-order valence-electron chi connectivity index (χ1n) is 4.02. The van der Waals surface area contributed by atoms with Gasteiger partial charge >= 0.3 is 0 Å². The summed E-state index contributed by atoms with van der Waals surface area (Å²) < 4.78 is 5.14. The van der Waals surface area contributed by atoms with E-state index in [1.807, 2.05) is 0 Å². The Hall–Kier alpha value is -1.32. The summed E-state index contributed by atoms with van der Waals surface area (Å²) in [5.41, 5.74) is 0.428. The van der Waals surface area contributed by atoms with Crippen LogP contribution in [0.4, 0.5) is 0 Å². The second kappa shape index (κ2) is 3.68. The van der Waals surface area contributed by atoms with E-state index in [9.17, 15) is 9.59 Å². The Balaban J connectivity index is 2.86. The molecule has 15 heavy (non-hydrogen) atoms. The summed E-state index contributed by atoms with van der Waals surface area (Å²) in [6, 6.07) is 6.69. The van der Waals surface area contributed by atoms with E-state index in [2.05, 4.69) is 0 Å². The zero-order valence-electron chi connectivity index (χ0n) is 7.29. The number of hydrogen-bond donors (Lipinski definition) is 0. The van der Waals surface area contributed by atoms with E-state index in [-0.39, 0.29) is 11.3 Å². The van der Waals surface area contributed by atoms with Crippen molar-refractivity contribution in [3.63, 3.8) is 0 Å². The normalized spacial score (nSPS) is 10.5. The fourth-order valence-electron chi connectivity index (χ4n) is 1.38. The fourth-order valence-corrected chi connectivity index (χ4v) is 1.70. The van der Waals surface area contributed by atoms with Gasteiger partial charge in [-0.2, -0.15) is 0 Å². The Kier molecular flexibility index (Phi) is 2.50. The van der Waals surface area contributed by atoms with Crippen LogP contribution >= 0.6 is 23.2 Å². The van der Waals surface area contributed by atoms with Crippen molar-refractivity contribution in [2.24, 2.45) is 0 Å². The predicted molar refractivity (Wildman–Crippen MR) is 56.6 cm³/mol. The lowest BCUT2D eigenvalue weighted by atomic mass is 10.1. The van der Waals surface area contributed by atoms with Crippen LogP contribution in [0, 0.1) is 0 Å². The van der Waals surface area contributed by atoms with Crippen LogP contribution in [0.3, 0.4) is 0 Å². The number of halogens is 2. The lowest BCUT2D eigenvalue weighted by molar-refractivity contribution is 0.103. The topological polar surface area (TPSA) is 47.3 Å². The summed E-state index contributed by atoms with van der Waals surface area (Å²) in [5, 5.41) is -1.11. The van der Waals surface area contributed by atoms with Crippen molar-refractivity contribution < 1.29 is 14.0 Å². The van der Waals surface area contributed by atoms with Gasteiger partial charge in [-0.05, 0) is 29.3 Å². The van der Waals surface area contributed by atoms with E-state index in [1.54, 1.807) is 24.3 Å². The first-order valence-corrected chi connectivity index (χ1v) is 4.78. The molecule has 0 saturated heterocycles. The van der Waals surface area contributed by atoms with Gasteiger partial charge in [-0.1, -0.05) is 18.2 Å². The van der Waals surface area contributed by atoms with Crippen LogP contribution < -0.4 is 0 Å². The van der Waals surface area contributed by atoms with Crippen molar-refractivity contribution in [3.8, 4) is 0 Å². The standard InChI is InChI=1S/C10H4Cl2O3/c11-9(13)7-5-3-1-2-4-6(5)15-8(7)10(12)14/h1-4H. The van der Waals surface area contributed by atoms with Crippen molar-refractivity contribution >= 4 is 44.7 Å². The van der Waals surface area contributed by atoms with Gasteiger partial charge in [0.2, 0.25) is 0 Å². The first-order chi connectivity index (χ1) is 7.11. The molecular weight excluding hydrogens is 239 g/mol. The SMILES string of the molecule is O=C(Cl)c1oc2ccccc2c1C(=O)Cl. The second-order valence-corrected chi connectivity index (χ2v) is 3.54. The number of hydrogen-bond acceptors (Lipinski definition) is 3. The molecule has 0 aliphatic carbocycles. The highest BCUT2D eigenvalue weighted by molar-refractivity contribution is 6.72. The zero-order valence-corrected chi connectivity index (χ0v) is 8.80. The molecular formula is C10H4Cl2O3. The maximum absolute atomic E-state index is 11.1. The van der Waals surface area contributed by atoms with Gasteiger partial charge in [-0.3, -0.25) is 9.59 Å². The maximum Gasteiger partial charge on any atom is 0.288 e. The molecule has 0 aliphatic heterocycles. The minimum Gasteiger partial charge on any atom is -0.451 e. The number of carbonyl (C=O) groups is 2. The van der Waals surface area contributed by atoms with Crippen molar-refractivity contribution in [2.45, 2.75) is 0 Å². The summed E-state index contributed by atoms with van der Waals surface area (Å²) in [6.45, 7) is 0. The van der Waals surface area contributed by atoms with Gasteiger partial charge in [-0.25, -0.2) is 0 Å². The largest absolute Gasteiger partial charge is 0.451 e. The summed E-state index contributed by atoms with van der Waals surface area (Å²) in [6.07, 6.45) is 0. The van der Waals surface area contributed by atoms with Gasteiger partial charge in [0.15, 0.2) is 5.76 Å². The summed E-state index contributed by atoms with van der Waals surface area (Å²) in [5.74, 6) is -0.210. The molecule has 1 heterocycles. The van der Waals surface area contributed by atoms with Crippen LogP contribution in [-0.2, 0) is 0 Å². The van der Waals surface area contributed by atoms with Crippen LogP contribution in [0.1, 0.15) is 20.9 Å².